The zero-order chi connectivity index (χ0) is 15.0. The van der Waals surface area contributed by atoms with Gasteiger partial charge in [-0.05, 0) is 64.0 Å². The second-order valence-corrected chi connectivity index (χ2v) is 6.16. The summed E-state index contributed by atoms with van der Waals surface area (Å²) in [5.41, 5.74) is 2.77. The van der Waals surface area contributed by atoms with Crippen LogP contribution < -0.4 is 0 Å². The molecule has 0 unspecified atom stereocenters. The molecule has 1 aromatic heterocycles. The van der Waals surface area contributed by atoms with Crippen molar-refractivity contribution in [1.82, 2.24) is 9.47 Å². The molecule has 0 radical (unpaired) electrons. The van der Waals surface area contributed by atoms with Gasteiger partial charge in [0.15, 0.2) is 0 Å². The van der Waals surface area contributed by atoms with E-state index in [1.54, 1.807) is 12.1 Å². The fraction of sp³-hybridized carbons (Fsp3) is 0.471. The van der Waals surface area contributed by atoms with Crippen molar-refractivity contribution < 1.29 is 9.90 Å². The van der Waals surface area contributed by atoms with Gasteiger partial charge < -0.3 is 9.67 Å². The molecular formula is C17H22N2O2. The zero-order valence-electron chi connectivity index (χ0n) is 12.7. The topological polar surface area (TPSA) is 45.5 Å². The number of aromatic nitrogens is 1. The number of carboxylic acid groups (broad SMARTS) is 1. The third-order valence-corrected chi connectivity index (χ3v) is 4.27. The van der Waals surface area contributed by atoms with Crippen molar-refractivity contribution in [2.75, 3.05) is 13.1 Å². The van der Waals surface area contributed by atoms with Crippen molar-refractivity contribution in [2.24, 2.45) is 0 Å². The van der Waals surface area contributed by atoms with Gasteiger partial charge >= 0.3 is 5.97 Å². The first-order chi connectivity index (χ1) is 10.1. The van der Waals surface area contributed by atoms with Gasteiger partial charge in [0.25, 0.3) is 0 Å². The van der Waals surface area contributed by atoms with Crippen LogP contribution in [0.25, 0.3) is 10.9 Å². The first-order valence-electron chi connectivity index (χ1n) is 7.66. The van der Waals surface area contributed by atoms with E-state index < -0.39 is 5.97 Å². The van der Waals surface area contributed by atoms with Crippen LogP contribution in [0.3, 0.4) is 0 Å². The largest absolute Gasteiger partial charge is 0.478 e. The Labute approximate surface area is 125 Å². The third kappa shape index (κ3) is 2.68. The van der Waals surface area contributed by atoms with Crippen molar-refractivity contribution >= 4 is 16.9 Å². The number of likely N-dealkylation sites (tertiary alicyclic amines) is 1. The van der Waals surface area contributed by atoms with Gasteiger partial charge in [0.05, 0.1) is 5.56 Å². The Hall–Kier alpha value is -1.81. The molecule has 2 heterocycles. The highest BCUT2D eigenvalue weighted by Gasteiger charge is 2.18. The molecule has 1 aliphatic rings. The van der Waals surface area contributed by atoms with Gasteiger partial charge in [0.1, 0.15) is 0 Å². The molecule has 0 amide bonds. The average molecular weight is 286 g/mol. The summed E-state index contributed by atoms with van der Waals surface area (Å²) in [6, 6.07) is 7.94. The van der Waals surface area contributed by atoms with Crippen LogP contribution in [0.15, 0.2) is 24.3 Å². The predicted molar refractivity (Wildman–Crippen MR) is 83.8 cm³/mol. The van der Waals surface area contributed by atoms with Crippen molar-refractivity contribution in [3.05, 3.63) is 35.5 Å². The number of carbonyl (C=O) groups is 1. The Kier molecular flexibility index (Phi) is 3.72. The van der Waals surface area contributed by atoms with Crippen molar-refractivity contribution in [1.29, 1.82) is 0 Å². The number of nitrogens with zero attached hydrogens (tertiary/aromatic N) is 2. The maximum Gasteiger partial charge on any atom is 0.335 e. The molecule has 4 heteroatoms. The lowest BCUT2D eigenvalue weighted by Crippen LogP contribution is -2.21. The van der Waals surface area contributed by atoms with E-state index in [0.29, 0.717) is 11.6 Å². The fourth-order valence-corrected chi connectivity index (χ4v) is 3.33. The Balaban J connectivity index is 2.04. The molecule has 3 rings (SSSR count). The lowest BCUT2D eigenvalue weighted by Gasteiger charge is -2.19. The number of carboxylic acids is 1. The first kappa shape index (κ1) is 14.1. The second kappa shape index (κ2) is 5.53. The maximum absolute atomic E-state index is 11.1. The van der Waals surface area contributed by atoms with E-state index in [1.165, 1.54) is 31.6 Å². The minimum absolute atomic E-state index is 0.358. The highest BCUT2D eigenvalue weighted by Crippen LogP contribution is 2.27. The number of rotatable bonds is 4. The molecule has 1 aliphatic heterocycles. The average Bonchev–Trinajstić information content (AvgIpc) is 3.04. The van der Waals surface area contributed by atoms with Gasteiger partial charge in [-0.15, -0.1) is 0 Å². The minimum Gasteiger partial charge on any atom is -0.478 e. The summed E-state index contributed by atoms with van der Waals surface area (Å²) in [5, 5.41) is 10.2. The number of hydrogen-bond donors (Lipinski definition) is 1. The van der Waals surface area contributed by atoms with E-state index in [1.807, 2.05) is 6.07 Å². The summed E-state index contributed by atoms with van der Waals surface area (Å²) in [7, 11) is 0. The van der Waals surface area contributed by atoms with Crippen LogP contribution in [-0.4, -0.2) is 33.6 Å². The summed E-state index contributed by atoms with van der Waals surface area (Å²) in [4.78, 5) is 13.6. The quantitative estimate of drug-likeness (QED) is 0.935. The Morgan fingerprint density at radius 2 is 1.95 bits per heavy atom. The van der Waals surface area contributed by atoms with Gasteiger partial charge in [0.2, 0.25) is 0 Å². The van der Waals surface area contributed by atoms with E-state index in [-0.39, 0.29) is 0 Å². The molecule has 0 atom stereocenters. The Morgan fingerprint density at radius 1 is 1.24 bits per heavy atom. The van der Waals surface area contributed by atoms with Crippen LogP contribution in [0.5, 0.6) is 0 Å². The first-order valence-corrected chi connectivity index (χ1v) is 7.66. The van der Waals surface area contributed by atoms with E-state index in [0.717, 1.165) is 17.4 Å². The minimum atomic E-state index is -0.865. The van der Waals surface area contributed by atoms with Gasteiger partial charge in [-0.1, -0.05) is 0 Å². The third-order valence-electron chi connectivity index (χ3n) is 4.27. The summed E-state index contributed by atoms with van der Waals surface area (Å²) in [6.45, 7) is 7.64. The monoisotopic (exact) mass is 286 g/mol. The van der Waals surface area contributed by atoms with Gasteiger partial charge in [-0.3, -0.25) is 4.90 Å². The standard InChI is InChI=1S/C17H22N2O2/c1-12(2)19-15(11-18-7-3-4-8-18)10-14-9-13(17(20)21)5-6-16(14)19/h5-6,9-10,12H,3-4,7-8,11H2,1-2H3,(H,20,21). The van der Waals surface area contributed by atoms with Crippen LogP contribution in [0.4, 0.5) is 0 Å². The summed E-state index contributed by atoms with van der Waals surface area (Å²) >= 11 is 0. The molecule has 1 saturated heterocycles. The second-order valence-electron chi connectivity index (χ2n) is 6.16. The van der Waals surface area contributed by atoms with E-state index in [2.05, 4.69) is 29.4 Å². The van der Waals surface area contributed by atoms with Crippen LogP contribution in [0.2, 0.25) is 0 Å². The smallest absolute Gasteiger partial charge is 0.335 e. The molecule has 4 nitrogen and oxygen atoms in total. The van der Waals surface area contributed by atoms with Gasteiger partial charge in [-0.25, -0.2) is 4.79 Å². The summed E-state index contributed by atoms with van der Waals surface area (Å²) in [5.74, 6) is -0.865. The molecule has 1 aromatic carbocycles. The van der Waals surface area contributed by atoms with Crippen molar-refractivity contribution in [3.63, 3.8) is 0 Å². The number of aromatic carboxylic acids is 1. The van der Waals surface area contributed by atoms with E-state index >= 15 is 0 Å². The van der Waals surface area contributed by atoms with Crippen molar-refractivity contribution in [2.45, 2.75) is 39.3 Å². The molecular weight excluding hydrogens is 264 g/mol. The van der Waals surface area contributed by atoms with E-state index in [9.17, 15) is 4.79 Å². The molecule has 0 aliphatic carbocycles. The van der Waals surface area contributed by atoms with Crippen molar-refractivity contribution in [3.8, 4) is 0 Å². The highest BCUT2D eigenvalue weighted by molar-refractivity contribution is 5.94. The van der Waals surface area contributed by atoms with Gasteiger partial charge in [-0.2, -0.15) is 0 Å². The molecule has 1 N–H and O–H groups in total. The molecule has 21 heavy (non-hydrogen) atoms. The molecule has 0 saturated carbocycles. The fourth-order valence-electron chi connectivity index (χ4n) is 3.33. The lowest BCUT2D eigenvalue weighted by molar-refractivity contribution is 0.0697. The van der Waals surface area contributed by atoms with Crippen LogP contribution >= 0.6 is 0 Å². The molecule has 112 valence electrons. The number of benzene rings is 1. The number of fused-ring (bicyclic) bond motifs is 1. The predicted octanol–water partition coefficient (Wildman–Crippen LogP) is 3.52. The maximum atomic E-state index is 11.1. The van der Waals surface area contributed by atoms with Crippen LogP contribution in [0, 0.1) is 0 Å². The zero-order valence-corrected chi connectivity index (χ0v) is 12.7. The van der Waals surface area contributed by atoms with Crippen LogP contribution in [0.1, 0.15) is 48.8 Å². The van der Waals surface area contributed by atoms with E-state index in [4.69, 9.17) is 5.11 Å². The summed E-state index contributed by atoms with van der Waals surface area (Å²) in [6.07, 6.45) is 2.57. The number of hydrogen-bond acceptors (Lipinski definition) is 2. The Bertz CT molecular complexity index is 667. The molecule has 0 spiro atoms. The molecule has 2 aromatic rings. The highest BCUT2D eigenvalue weighted by atomic mass is 16.4. The molecule has 0 bridgehead atoms. The summed E-state index contributed by atoms with van der Waals surface area (Å²) < 4.78 is 2.33. The van der Waals surface area contributed by atoms with Gasteiger partial charge in [0, 0.05) is 29.2 Å². The molecule has 1 fully saturated rings. The Morgan fingerprint density at radius 3 is 2.57 bits per heavy atom. The normalized spacial score (nSPS) is 16.1. The SMILES string of the molecule is CC(C)n1c(CN2CCCC2)cc2cc(C(=O)O)ccc21. The lowest BCUT2D eigenvalue weighted by atomic mass is 10.1. The van der Waals surface area contributed by atoms with Crippen LogP contribution in [-0.2, 0) is 6.54 Å².